The summed E-state index contributed by atoms with van der Waals surface area (Å²) in [5.74, 6) is 2.39. The first-order valence-corrected chi connectivity index (χ1v) is 16.8. The van der Waals surface area contributed by atoms with Crippen molar-refractivity contribution in [2.45, 2.75) is 0 Å². The first kappa shape index (κ1) is 30.1. The van der Waals surface area contributed by atoms with Gasteiger partial charge in [0.05, 0.1) is 0 Å². The summed E-state index contributed by atoms with van der Waals surface area (Å²) in [5.41, 5.74) is 6.45. The van der Waals surface area contributed by atoms with Gasteiger partial charge in [-0.1, -0.05) is 97.1 Å². The van der Waals surface area contributed by atoms with E-state index >= 15 is 0 Å². The zero-order valence-electron chi connectivity index (χ0n) is 23.6. The Hall–Kier alpha value is -4.61. The van der Waals surface area contributed by atoms with Gasteiger partial charge in [-0.25, -0.2) is 29.9 Å². The Balaban J connectivity index is 0.000000526. The van der Waals surface area contributed by atoms with E-state index in [0.29, 0.717) is 45.9 Å². The van der Waals surface area contributed by atoms with E-state index in [1.807, 2.05) is 97.1 Å². The van der Waals surface area contributed by atoms with Gasteiger partial charge in [0.2, 0.25) is 0 Å². The molecule has 0 unspecified atom stereocenters. The van der Waals surface area contributed by atoms with Gasteiger partial charge >= 0.3 is 8.26 Å². The van der Waals surface area contributed by atoms with Crippen molar-refractivity contribution in [3.63, 3.8) is 0 Å². The van der Waals surface area contributed by atoms with Gasteiger partial charge < -0.3 is 9.97 Å². The van der Waals surface area contributed by atoms with Crippen molar-refractivity contribution >= 4 is 73.8 Å². The summed E-state index contributed by atoms with van der Waals surface area (Å²) in [6, 6.07) is 32.2. The van der Waals surface area contributed by atoms with Crippen molar-refractivity contribution < 1.29 is 27.9 Å². The fourth-order valence-electron chi connectivity index (χ4n) is 5.59. The molecule has 9 rings (SSSR count). The maximum absolute atomic E-state index is 9.16. The number of halogens is 2. The monoisotopic (exact) mass is 712 g/mol. The molecule has 0 aliphatic carbocycles. The largest absolute Gasteiger partial charge is 0.324 e. The van der Waals surface area contributed by atoms with Crippen LogP contribution in [0, 0.1) is 0 Å². The molecule has 3 aromatic heterocycles. The van der Waals surface area contributed by atoms with Gasteiger partial charge in [0.25, 0.3) is 0 Å². The number of benzene rings is 4. The van der Waals surface area contributed by atoms with Crippen molar-refractivity contribution in [3.05, 3.63) is 97.1 Å². The summed E-state index contributed by atoms with van der Waals surface area (Å²) in [6.45, 7) is 0. The topological polar surface area (TPSA) is 143 Å². The summed E-state index contributed by atoms with van der Waals surface area (Å²) >= 11 is 0. The average molecular weight is 715 g/mol. The third-order valence-corrected chi connectivity index (χ3v) is 7.46. The number of nitrogens with one attached hydrogen (secondary N) is 2. The second-order valence-electron chi connectivity index (χ2n) is 10.2. The molecule has 8 bridgehead atoms. The van der Waals surface area contributed by atoms with Crippen LogP contribution in [0.25, 0.3) is 89.7 Å². The number of fused-ring (bicyclic) bond motifs is 20. The molecule has 0 spiro atoms. The van der Waals surface area contributed by atoms with Gasteiger partial charge in [-0.15, -0.1) is 0 Å². The summed E-state index contributed by atoms with van der Waals surface area (Å²) in [7, 11) is 4.81. The molecule has 0 atom stereocenters. The summed E-state index contributed by atoms with van der Waals surface area (Å²) < 4.78 is 18.3. The molecule has 0 radical (unpaired) electrons. The smallest absolute Gasteiger partial charge is 0.317 e. The minimum atomic E-state index is -3.72. The normalized spacial score (nSPS) is 11.7. The molecule has 0 saturated carbocycles. The number of hydrogen-bond acceptors (Lipinski definition) is 8. The van der Waals surface area contributed by atoms with E-state index in [1.165, 1.54) is 0 Å². The van der Waals surface area contributed by atoms with Crippen molar-refractivity contribution in [1.82, 2.24) is 39.9 Å². The molecule has 46 heavy (non-hydrogen) atoms. The Morgan fingerprint density at radius 2 is 0.630 bits per heavy atom. The quantitative estimate of drug-likeness (QED) is 0.121. The molecule has 2 aliphatic rings. The Kier molecular flexibility index (Phi) is 7.61. The van der Waals surface area contributed by atoms with Crippen LogP contribution in [0.15, 0.2) is 97.1 Å². The van der Waals surface area contributed by atoms with Gasteiger partial charge in [-0.2, -0.15) is 8.42 Å². The van der Waals surface area contributed by atoms with E-state index in [2.05, 4.69) is 31.3 Å². The molecule has 2 N–H and O–H groups in total. The van der Waals surface area contributed by atoms with Crippen LogP contribution in [0.1, 0.15) is 0 Å². The molecule has 0 fully saturated rings. The van der Waals surface area contributed by atoms with Crippen molar-refractivity contribution in [2.24, 2.45) is 0 Å². The number of aromatic nitrogens is 8. The minimum absolute atomic E-state index is 0. The van der Waals surface area contributed by atoms with Crippen LogP contribution in [-0.2, 0) is 27.7 Å². The van der Waals surface area contributed by atoms with Gasteiger partial charge in [-0.05, 0) is 0 Å². The third-order valence-electron chi connectivity index (χ3n) is 7.46. The van der Waals surface area contributed by atoms with Crippen LogP contribution in [0.2, 0.25) is 0 Å². The molecule has 10 nitrogen and oxygen atoms in total. The second-order valence-corrected chi connectivity index (χ2v) is 13.8. The van der Waals surface area contributed by atoms with E-state index in [-0.39, 0.29) is 19.5 Å². The molecule has 0 amide bonds. The van der Waals surface area contributed by atoms with Crippen LogP contribution in [-0.4, -0.2) is 48.3 Å². The molecular formula is C32H18Cl2N8O2SZn. The Morgan fingerprint density at radius 3 is 0.870 bits per heavy atom. The van der Waals surface area contributed by atoms with Gasteiger partial charge in [0.1, 0.15) is 22.6 Å². The Bertz CT molecular complexity index is 2300. The number of aromatic amines is 2. The first-order valence-electron chi connectivity index (χ1n) is 13.6. The molecule has 0 saturated heterocycles. The third kappa shape index (κ3) is 5.43. The van der Waals surface area contributed by atoms with Crippen molar-refractivity contribution in [3.8, 4) is 45.6 Å². The van der Waals surface area contributed by atoms with Crippen LogP contribution in [0.3, 0.4) is 0 Å². The average Bonchev–Trinajstić information content (AvgIpc) is 3.76. The van der Waals surface area contributed by atoms with Crippen molar-refractivity contribution in [1.29, 1.82) is 0 Å². The number of rotatable bonds is 0. The molecule has 220 valence electrons. The predicted octanol–water partition coefficient (Wildman–Crippen LogP) is 7.58. The fourth-order valence-corrected chi connectivity index (χ4v) is 5.59. The van der Waals surface area contributed by atoms with E-state index < -0.39 is 8.26 Å². The maximum atomic E-state index is 9.16. The summed E-state index contributed by atoms with van der Waals surface area (Å²) in [6.07, 6.45) is 0. The van der Waals surface area contributed by atoms with E-state index in [1.54, 1.807) is 0 Å². The number of H-pyrrole nitrogens is 2. The van der Waals surface area contributed by atoms with E-state index in [4.69, 9.17) is 38.3 Å². The SMILES string of the molecule is O=S(=O)(Cl)Cl.[Zn].c1ccc2c(c1)-c1nc-2nc2[nH]c(nc3nc(nc4[nH]c(n1)c1ccccc41)-c1ccccc1-3)c1ccccc21. The fraction of sp³-hybridized carbons (Fsp3) is 0. The summed E-state index contributed by atoms with van der Waals surface area (Å²) in [4.78, 5) is 36.8. The van der Waals surface area contributed by atoms with Crippen LogP contribution < -0.4 is 0 Å². The van der Waals surface area contributed by atoms with Gasteiger partial charge in [-0.3, -0.25) is 0 Å². The van der Waals surface area contributed by atoms with E-state index in [0.717, 1.165) is 43.8 Å². The van der Waals surface area contributed by atoms with Crippen LogP contribution in [0.5, 0.6) is 0 Å². The molecule has 14 heteroatoms. The van der Waals surface area contributed by atoms with Crippen LogP contribution >= 0.6 is 21.4 Å². The maximum Gasteiger partial charge on any atom is 0.317 e. The first-order chi connectivity index (χ1) is 21.8. The summed E-state index contributed by atoms with van der Waals surface area (Å²) in [5, 5.41) is 3.82. The van der Waals surface area contributed by atoms with Crippen molar-refractivity contribution in [2.75, 3.05) is 0 Å². The molecular weight excluding hydrogens is 697 g/mol. The van der Waals surface area contributed by atoms with E-state index in [9.17, 15) is 0 Å². The molecule has 2 aliphatic heterocycles. The zero-order chi connectivity index (χ0) is 30.7. The van der Waals surface area contributed by atoms with Crippen LogP contribution in [0.4, 0.5) is 0 Å². The number of hydrogen-bond donors (Lipinski definition) is 2. The second kappa shape index (κ2) is 11.6. The predicted molar refractivity (Wildman–Crippen MR) is 177 cm³/mol. The van der Waals surface area contributed by atoms with Gasteiger partial charge in [0, 0.05) is 84.6 Å². The number of nitrogens with zero attached hydrogens (tertiary/aromatic N) is 6. The van der Waals surface area contributed by atoms with Gasteiger partial charge in [0.15, 0.2) is 23.3 Å². The molecule has 7 aromatic rings. The molecule has 5 heterocycles. The standard InChI is InChI=1S/C32H18N8.Cl2O2S.Zn/c1-2-10-18-17(9-1)25-33-26(18)38-28-21-13-5-6-14-22(21)30(35-28)40-32-24-16-8-7-15-23(24)31(36-32)39-29-20-12-4-3-11-19(20)27(34-29)37-25;1-5(2,3)4;/h1-16H,(H2,33,34,35,36,37,38,39,40);;. The molecule has 4 aromatic carbocycles. The Labute approximate surface area is 282 Å². The Morgan fingerprint density at radius 1 is 0.413 bits per heavy atom. The zero-order valence-corrected chi connectivity index (χ0v) is 28.9. The minimum Gasteiger partial charge on any atom is -0.324 e.